The number of aromatic hydroxyl groups is 1. The molecule has 4 atom stereocenters. The third kappa shape index (κ3) is 4.73. The number of aromatic nitrogens is 2. The van der Waals surface area contributed by atoms with Gasteiger partial charge in [0.15, 0.2) is 17.4 Å². The highest BCUT2D eigenvalue weighted by Gasteiger charge is 2.49. The second-order valence-corrected chi connectivity index (χ2v) is 13.9. The minimum atomic E-state index is -1.08. The van der Waals surface area contributed by atoms with Crippen molar-refractivity contribution in [3.05, 3.63) is 47.3 Å². The third-order valence-electron chi connectivity index (χ3n) is 10.7. The first-order valence-corrected chi connectivity index (χ1v) is 16.3. The molecule has 0 saturated carbocycles. The lowest BCUT2D eigenvalue weighted by molar-refractivity contribution is 0.107. The summed E-state index contributed by atoms with van der Waals surface area (Å²) in [6, 6.07) is 5.01. The predicted molar refractivity (Wildman–Crippen MR) is 174 cm³/mol. The van der Waals surface area contributed by atoms with Crippen LogP contribution in [0, 0.1) is 29.8 Å². The fraction of sp³-hybridized carbons (Fsp3) is 0.444. The Labute approximate surface area is 275 Å². The van der Waals surface area contributed by atoms with Gasteiger partial charge in [-0.3, -0.25) is 4.90 Å². The lowest BCUT2D eigenvalue weighted by Crippen LogP contribution is -2.58. The van der Waals surface area contributed by atoms with E-state index in [1.165, 1.54) is 19.2 Å². The smallest absolute Gasteiger partial charge is 0.319 e. The highest BCUT2D eigenvalue weighted by molar-refractivity contribution is 6.06. The van der Waals surface area contributed by atoms with Crippen molar-refractivity contribution in [3.8, 4) is 41.0 Å². The van der Waals surface area contributed by atoms with Gasteiger partial charge in [-0.25, -0.2) is 17.6 Å². The summed E-state index contributed by atoms with van der Waals surface area (Å²) < 4.78 is 75.4. The molecule has 2 bridgehead atoms. The Morgan fingerprint density at radius 1 is 1.12 bits per heavy atom. The number of piperazine rings is 1. The van der Waals surface area contributed by atoms with Crippen molar-refractivity contribution >= 4 is 27.5 Å². The summed E-state index contributed by atoms with van der Waals surface area (Å²) in [6.45, 7) is 4.34. The number of anilines is 1. The number of terminal acetylenes is 1. The molecule has 4 aliphatic rings. The number of fused-ring (bicyclic) bond motifs is 5. The number of halogens is 4. The van der Waals surface area contributed by atoms with Crippen LogP contribution in [0.15, 0.2) is 24.3 Å². The van der Waals surface area contributed by atoms with E-state index in [0.29, 0.717) is 26.1 Å². The summed E-state index contributed by atoms with van der Waals surface area (Å²) in [5, 5.41) is 14.6. The first-order chi connectivity index (χ1) is 23.0. The van der Waals surface area contributed by atoms with Crippen molar-refractivity contribution in [2.24, 2.45) is 0 Å². The van der Waals surface area contributed by atoms with Crippen molar-refractivity contribution in [3.63, 3.8) is 0 Å². The molecule has 4 aromatic rings. The fourth-order valence-electron chi connectivity index (χ4n) is 8.67. The highest BCUT2D eigenvalue weighted by Crippen LogP contribution is 2.47. The molecule has 1 aromatic heterocycles. The number of methoxy groups -OCH3 is 1. The number of phenolic OH excluding ortho intramolecular Hbond substituents is 1. The van der Waals surface area contributed by atoms with Gasteiger partial charge in [-0.1, -0.05) is 12.0 Å². The zero-order valence-electron chi connectivity index (χ0n) is 26.7. The van der Waals surface area contributed by atoms with Crippen LogP contribution in [0.3, 0.4) is 0 Å². The number of rotatable bonds is 6. The van der Waals surface area contributed by atoms with Gasteiger partial charge in [0, 0.05) is 48.6 Å². The second kappa shape index (κ2) is 11.1. The van der Waals surface area contributed by atoms with Crippen LogP contribution in [-0.4, -0.2) is 83.2 Å². The van der Waals surface area contributed by atoms with Gasteiger partial charge in [-0.15, -0.1) is 6.42 Å². The molecule has 8 nitrogen and oxygen atoms in total. The predicted octanol–water partition coefficient (Wildman–Crippen LogP) is 5.85. The summed E-state index contributed by atoms with van der Waals surface area (Å²) in [4.78, 5) is 13.3. The first kappa shape index (κ1) is 31.0. The van der Waals surface area contributed by atoms with Crippen molar-refractivity contribution in [1.29, 1.82) is 0 Å². The molecule has 0 amide bonds. The van der Waals surface area contributed by atoms with Crippen molar-refractivity contribution in [1.82, 2.24) is 20.2 Å². The number of nitrogens with one attached hydrogen (secondary N) is 1. The summed E-state index contributed by atoms with van der Waals surface area (Å²) in [7, 11) is 1.27. The van der Waals surface area contributed by atoms with E-state index in [4.69, 9.17) is 20.9 Å². The number of alkyl halides is 1. The van der Waals surface area contributed by atoms with E-state index in [-0.39, 0.29) is 74.3 Å². The molecule has 4 saturated heterocycles. The molecular weight excluding hydrogens is 626 g/mol. The van der Waals surface area contributed by atoms with Crippen LogP contribution in [-0.2, 0) is 0 Å². The monoisotopic (exact) mass is 661 g/mol. The van der Waals surface area contributed by atoms with E-state index in [1.54, 1.807) is 0 Å². The lowest BCUT2D eigenvalue weighted by atomic mass is 9.92. The van der Waals surface area contributed by atoms with Crippen LogP contribution >= 0.6 is 0 Å². The van der Waals surface area contributed by atoms with Crippen LogP contribution in [0.5, 0.6) is 17.5 Å². The summed E-state index contributed by atoms with van der Waals surface area (Å²) in [5.41, 5.74) is -2.00. The standard InChI is InChI=1S/C36H35F4N5O3/c1-4-23-25(38)7-6-19-12-22(46)13-24(26(19)23)27-29(39)31-28(32(47-3)30(27)40)33(44-16-21-8-10-35(2,17-44)43-21)42-34(41-31)48-18-36-9-5-11-45(36)15-20(37)14-36/h1,6-7,12-13,20-21,43,46H,5,8-11,14-18H2,2-3H3/t20-,21?,35?,36+/m1/s1. The summed E-state index contributed by atoms with van der Waals surface area (Å²) in [6.07, 6.45) is 8.54. The largest absolute Gasteiger partial charge is 0.508 e. The molecule has 3 aromatic carbocycles. The van der Waals surface area contributed by atoms with Gasteiger partial charge < -0.3 is 24.8 Å². The number of nitrogens with zero attached hydrogens (tertiary/aromatic N) is 4. The maximum atomic E-state index is 17.1. The number of phenols is 1. The third-order valence-corrected chi connectivity index (χ3v) is 10.7. The van der Waals surface area contributed by atoms with Crippen LogP contribution < -0.4 is 19.7 Å². The molecule has 48 heavy (non-hydrogen) atoms. The Morgan fingerprint density at radius 3 is 2.73 bits per heavy atom. The van der Waals surface area contributed by atoms with E-state index in [2.05, 4.69) is 28.0 Å². The Kier molecular flexibility index (Phi) is 7.16. The van der Waals surface area contributed by atoms with E-state index in [9.17, 15) is 13.9 Å². The topological polar surface area (TPSA) is 83.0 Å². The molecule has 8 rings (SSSR count). The van der Waals surface area contributed by atoms with Gasteiger partial charge in [0.2, 0.25) is 0 Å². The Morgan fingerprint density at radius 2 is 1.96 bits per heavy atom. The molecule has 4 aliphatic heterocycles. The average molecular weight is 662 g/mol. The molecule has 12 heteroatoms. The van der Waals surface area contributed by atoms with Crippen molar-refractivity contribution in [2.45, 2.75) is 62.3 Å². The molecular formula is C36H35F4N5O3. The molecule has 0 aliphatic carbocycles. The minimum absolute atomic E-state index is 0.0201. The van der Waals surface area contributed by atoms with Gasteiger partial charge in [0.05, 0.1) is 29.2 Å². The SMILES string of the molecule is C#Cc1c(F)ccc2cc(O)cc(-c3c(F)c(OC)c4c(N5CC6CCC(C)(C5)N6)nc(OC[C@@]56CCCN5C[C@H](F)C6)nc4c3F)c12. The van der Waals surface area contributed by atoms with Crippen molar-refractivity contribution in [2.75, 3.05) is 44.8 Å². The zero-order chi connectivity index (χ0) is 33.5. The molecule has 4 fully saturated rings. The average Bonchev–Trinajstić information content (AvgIpc) is 3.67. The van der Waals surface area contributed by atoms with Gasteiger partial charge in [-0.05, 0) is 62.7 Å². The summed E-state index contributed by atoms with van der Waals surface area (Å²) >= 11 is 0. The van der Waals surface area contributed by atoms with Crippen LogP contribution in [0.25, 0.3) is 32.8 Å². The lowest BCUT2D eigenvalue weighted by Gasteiger charge is -2.40. The second-order valence-electron chi connectivity index (χ2n) is 13.9. The van der Waals surface area contributed by atoms with E-state index in [1.807, 2.05) is 4.90 Å². The van der Waals surface area contributed by atoms with E-state index < -0.39 is 34.7 Å². The molecule has 0 radical (unpaired) electrons. The fourth-order valence-corrected chi connectivity index (χ4v) is 8.67. The zero-order valence-corrected chi connectivity index (χ0v) is 26.7. The van der Waals surface area contributed by atoms with Gasteiger partial charge in [-0.2, -0.15) is 9.97 Å². The van der Waals surface area contributed by atoms with Gasteiger partial charge in [0.1, 0.15) is 35.7 Å². The van der Waals surface area contributed by atoms with Crippen LogP contribution in [0.4, 0.5) is 23.4 Å². The number of ether oxygens (including phenoxy) is 2. The maximum absolute atomic E-state index is 17.1. The highest BCUT2D eigenvalue weighted by atomic mass is 19.1. The number of benzene rings is 3. The molecule has 0 spiro atoms. The quantitative estimate of drug-likeness (QED) is 0.197. The normalized spacial score (nSPS) is 26.7. The number of hydrogen-bond donors (Lipinski definition) is 2. The Bertz CT molecular complexity index is 2040. The molecule has 2 N–H and O–H groups in total. The van der Waals surface area contributed by atoms with Crippen LogP contribution in [0.2, 0.25) is 0 Å². The van der Waals surface area contributed by atoms with Crippen LogP contribution in [0.1, 0.15) is 44.6 Å². The molecule has 2 unspecified atom stereocenters. The Balaban J connectivity index is 1.36. The summed E-state index contributed by atoms with van der Waals surface area (Å²) in [5.74, 6) is -0.980. The van der Waals surface area contributed by atoms with E-state index >= 15 is 8.78 Å². The molecule has 250 valence electrons. The van der Waals surface area contributed by atoms with Crippen molar-refractivity contribution < 1.29 is 32.1 Å². The number of hydrogen-bond acceptors (Lipinski definition) is 8. The van der Waals surface area contributed by atoms with E-state index in [0.717, 1.165) is 44.4 Å². The molecule has 5 heterocycles. The Hall–Kier alpha value is -4.34. The van der Waals surface area contributed by atoms with Gasteiger partial charge in [0.25, 0.3) is 0 Å². The first-order valence-electron chi connectivity index (χ1n) is 16.3. The maximum Gasteiger partial charge on any atom is 0.319 e. The van der Waals surface area contributed by atoms with Gasteiger partial charge >= 0.3 is 6.01 Å². The minimum Gasteiger partial charge on any atom is -0.508 e.